The van der Waals surface area contributed by atoms with Gasteiger partial charge in [0.05, 0.1) is 0 Å². The Labute approximate surface area is 173 Å². The monoisotopic (exact) mass is 405 g/mol. The fourth-order valence-corrected chi connectivity index (χ4v) is 4.74. The summed E-state index contributed by atoms with van der Waals surface area (Å²) in [5, 5.41) is 4.00. The van der Waals surface area contributed by atoms with Gasteiger partial charge in [-0.15, -0.1) is 0 Å². The lowest BCUT2D eigenvalue weighted by molar-refractivity contribution is -0.121. The molecule has 1 aromatic heterocycles. The first-order valence-corrected chi connectivity index (χ1v) is 12.0. The van der Waals surface area contributed by atoms with Gasteiger partial charge in [-0.05, 0) is 70.5 Å². The lowest BCUT2D eigenvalue weighted by Gasteiger charge is -2.31. The van der Waals surface area contributed by atoms with Gasteiger partial charge in [0, 0.05) is 43.5 Å². The zero-order chi connectivity index (χ0) is 19.8. The Kier molecular flexibility index (Phi) is 8.55. The minimum Gasteiger partial charge on any atom is -0.355 e. The molecule has 2 saturated heterocycles. The van der Waals surface area contributed by atoms with Crippen molar-refractivity contribution < 1.29 is 4.79 Å². The predicted molar refractivity (Wildman–Crippen MR) is 114 cm³/mol. The van der Waals surface area contributed by atoms with Gasteiger partial charge in [0.25, 0.3) is 0 Å². The zero-order valence-corrected chi connectivity index (χ0v) is 18.2. The molecule has 0 spiro atoms. The van der Waals surface area contributed by atoms with E-state index in [0.717, 1.165) is 44.3 Å². The van der Waals surface area contributed by atoms with Gasteiger partial charge in [-0.25, -0.2) is 9.97 Å². The molecule has 0 aliphatic carbocycles. The van der Waals surface area contributed by atoms with Crippen molar-refractivity contribution >= 4 is 17.7 Å². The average molecular weight is 406 g/mol. The van der Waals surface area contributed by atoms with Crippen LogP contribution in [-0.4, -0.2) is 70.7 Å². The normalized spacial score (nSPS) is 21.9. The van der Waals surface area contributed by atoms with Crippen molar-refractivity contribution in [2.24, 2.45) is 5.92 Å². The summed E-state index contributed by atoms with van der Waals surface area (Å²) in [5.41, 5.74) is 1.18. The molecule has 6 nitrogen and oxygen atoms in total. The van der Waals surface area contributed by atoms with Crippen molar-refractivity contribution in [3.63, 3.8) is 0 Å². The number of piperidine rings is 1. The van der Waals surface area contributed by atoms with Gasteiger partial charge in [-0.1, -0.05) is 18.7 Å². The number of nitrogens with one attached hydrogen (secondary N) is 1. The molecule has 0 bridgehead atoms. The Bertz CT molecular complexity index is 603. The van der Waals surface area contributed by atoms with Crippen LogP contribution in [0.3, 0.4) is 0 Å². The number of likely N-dealkylation sites (tertiary alicyclic amines) is 2. The molecule has 3 heterocycles. The average Bonchev–Trinajstić information content (AvgIpc) is 3.20. The van der Waals surface area contributed by atoms with Crippen LogP contribution in [0.4, 0.5) is 0 Å². The Balaban J connectivity index is 1.30. The van der Waals surface area contributed by atoms with E-state index >= 15 is 0 Å². The second-order valence-electron chi connectivity index (χ2n) is 8.06. The number of hydrogen-bond acceptors (Lipinski definition) is 6. The molecule has 2 fully saturated rings. The second kappa shape index (κ2) is 11.1. The third-order valence-corrected chi connectivity index (χ3v) is 6.77. The zero-order valence-electron chi connectivity index (χ0n) is 17.4. The summed E-state index contributed by atoms with van der Waals surface area (Å²) in [6.45, 7) is 8.43. The fraction of sp³-hybridized carbons (Fsp3) is 0.762. The van der Waals surface area contributed by atoms with Crippen LogP contribution in [0.15, 0.2) is 17.6 Å². The maximum absolute atomic E-state index is 12.2. The highest BCUT2D eigenvalue weighted by Crippen LogP contribution is 2.23. The Morgan fingerprint density at radius 3 is 2.64 bits per heavy atom. The largest absolute Gasteiger partial charge is 0.355 e. The SMILES string of the molecule is CCN1CCC[C@@H]1CNC(=O)CCC1CCN(Cc2cnc(SC)nc2)CC1. The van der Waals surface area contributed by atoms with Gasteiger partial charge in [0.1, 0.15) is 0 Å². The van der Waals surface area contributed by atoms with Crippen molar-refractivity contribution in [1.29, 1.82) is 0 Å². The molecule has 1 atom stereocenters. The Morgan fingerprint density at radius 1 is 1.21 bits per heavy atom. The van der Waals surface area contributed by atoms with E-state index < -0.39 is 0 Å². The number of carbonyl (C=O) groups is 1. The number of aromatic nitrogens is 2. The molecule has 7 heteroatoms. The number of carbonyl (C=O) groups excluding carboxylic acids is 1. The van der Waals surface area contributed by atoms with Crippen molar-refractivity contribution in [2.75, 3.05) is 39.0 Å². The second-order valence-corrected chi connectivity index (χ2v) is 8.84. The number of rotatable bonds is 9. The van der Waals surface area contributed by atoms with E-state index in [-0.39, 0.29) is 5.91 Å². The summed E-state index contributed by atoms with van der Waals surface area (Å²) in [5.74, 6) is 0.909. The standard InChI is InChI=1S/C21H35N5OS/c1-3-26-10-4-5-19(26)15-22-20(27)7-6-17-8-11-25(12-9-17)16-18-13-23-21(28-2)24-14-18/h13-14,17,19H,3-12,15-16H2,1-2H3,(H,22,27)/t19-/m1/s1. The molecule has 0 saturated carbocycles. The Hall–Kier alpha value is -1.18. The molecule has 0 radical (unpaired) electrons. The number of likely N-dealkylation sites (N-methyl/N-ethyl adjacent to an activating group) is 1. The van der Waals surface area contributed by atoms with Gasteiger partial charge in [-0.2, -0.15) is 0 Å². The highest BCUT2D eigenvalue weighted by atomic mass is 32.2. The van der Waals surface area contributed by atoms with Crippen LogP contribution in [0.1, 0.15) is 51.0 Å². The minimum absolute atomic E-state index is 0.233. The van der Waals surface area contributed by atoms with E-state index in [1.807, 2.05) is 18.6 Å². The molecule has 1 amide bonds. The van der Waals surface area contributed by atoms with Crippen LogP contribution >= 0.6 is 11.8 Å². The van der Waals surface area contributed by atoms with Gasteiger partial charge in [0.15, 0.2) is 5.16 Å². The summed E-state index contributed by atoms with van der Waals surface area (Å²) in [6.07, 6.45) is 12.4. The van der Waals surface area contributed by atoms with Crippen molar-refractivity contribution in [2.45, 2.75) is 63.2 Å². The third-order valence-electron chi connectivity index (χ3n) is 6.20. The van der Waals surface area contributed by atoms with E-state index in [1.54, 1.807) is 11.8 Å². The van der Waals surface area contributed by atoms with Crippen LogP contribution < -0.4 is 5.32 Å². The van der Waals surface area contributed by atoms with E-state index in [1.165, 1.54) is 37.8 Å². The fourth-order valence-electron chi connectivity index (χ4n) is 4.42. The first-order chi connectivity index (χ1) is 13.7. The molecule has 3 rings (SSSR count). The van der Waals surface area contributed by atoms with Gasteiger partial charge in [-0.3, -0.25) is 14.6 Å². The quantitative estimate of drug-likeness (QED) is 0.504. The first-order valence-electron chi connectivity index (χ1n) is 10.8. The first kappa shape index (κ1) is 21.5. The minimum atomic E-state index is 0.233. The van der Waals surface area contributed by atoms with Crippen LogP contribution in [-0.2, 0) is 11.3 Å². The van der Waals surface area contributed by atoms with Crippen LogP contribution in [0.25, 0.3) is 0 Å². The predicted octanol–water partition coefficient (Wildman–Crippen LogP) is 2.79. The molecule has 1 aromatic rings. The molecule has 2 aliphatic rings. The maximum Gasteiger partial charge on any atom is 0.220 e. The van der Waals surface area contributed by atoms with Gasteiger partial charge >= 0.3 is 0 Å². The highest BCUT2D eigenvalue weighted by molar-refractivity contribution is 7.98. The van der Waals surface area contributed by atoms with Crippen LogP contribution in [0.5, 0.6) is 0 Å². The van der Waals surface area contributed by atoms with Gasteiger partial charge in [0.2, 0.25) is 5.91 Å². The number of hydrogen-bond donors (Lipinski definition) is 1. The summed E-state index contributed by atoms with van der Waals surface area (Å²) >= 11 is 1.57. The lowest BCUT2D eigenvalue weighted by Crippen LogP contribution is -2.40. The van der Waals surface area contributed by atoms with Crippen LogP contribution in [0.2, 0.25) is 0 Å². The Morgan fingerprint density at radius 2 is 1.96 bits per heavy atom. The smallest absolute Gasteiger partial charge is 0.220 e. The molecule has 1 N–H and O–H groups in total. The summed E-state index contributed by atoms with van der Waals surface area (Å²) in [6, 6.07) is 0.547. The topological polar surface area (TPSA) is 61.4 Å². The maximum atomic E-state index is 12.2. The third kappa shape index (κ3) is 6.42. The summed E-state index contributed by atoms with van der Waals surface area (Å²) in [7, 11) is 0. The highest BCUT2D eigenvalue weighted by Gasteiger charge is 2.24. The molecular weight excluding hydrogens is 370 g/mol. The lowest BCUT2D eigenvalue weighted by atomic mass is 9.92. The summed E-state index contributed by atoms with van der Waals surface area (Å²) in [4.78, 5) is 25.9. The van der Waals surface area contributed by atoms with E-state index in [9.17, 15) is 4.79 Å². The van der Waals surface area contributed by atoms with Crippen molar-refractivity contribution in [3.8, 4) is 0 Å². The molecule has 0 unspecified atom stereocenters. The van der Waals surface area contributed by atoms with E-state index in [4.69, 9.17) is 0 Å². The summed E-state index contributed by atoms with van der Waals surface area (Å²) < 4.78 is 0. The molecular formula is C21H35N5OS. The van der Waals surface area contributed by atoms with E-state index in [0.29, 0.717) is 18.4 Å². The molecule has 156 valence electrons. The van der Waals surface area contributed by atoms with Crippen molar-refractivity contribution in [1.82, 2.24) is 25.1 Å². The number of thioether (sulfide) groups is 1. The molecule has 2 aliphatic heterocycles. The van der Waals surface area contributed by atoms with Crippen molar-refractivity contribution in [3.05, 3.63) is 18.0 Å². The molecule has 28 heavy (non-hydrogen) atoms. The number of amides is 1. The van der Waals surface area contributed by atoms with Crippen LogP contribution in [0, 0.1) is 5.92 Å². The molecule has 0 aromatic carbocycles. The number of nitrogens with zero attached hydrogens (tertiary/aromatic N) is 4. The van der Waals surface area contributed by atoms with Gasteiger partial charge < -0.3 is 5.32 Å². The van der Waals surface area contributed by atoms with E-state index in [2.05, 4.69) is 32.0 Å².